The van der Waals surface area contributed by atoms with Gasteiger partial charge in [0.05, 0.1) is 0 Å². The fourth-order valence-electron chi connectivity index (χ4n) is 2.25. The molecular weight excluding hydrogens is 272 g/mol. The third-order valence-corrected chi connectivity index (χ3v) is 3.10. The van der Waals surface area contributed by atoms with Crippen molar-refractivity contribution in [3.05, 3.63) is 0 Å². The highest BCUT2D eigenvalue weighted by Crippen LogP contribution is 2.40. The Kier molecular flexibility index (Phi) is 4.55. The fraction of sp³-hybridized carbons (Fsp3) is 1.00. The van der Waals surface area contributed by atoms with Crippen LogP contribution >= 0.6 is 34.0 Å². The first-order valence-electron chi connectivity index (χ1n) is 3.77. The van der Waals surface area contributed by atoms with E-state index in [4.69, 9.17) is 5.73 Å². The molecule has 0 amide bonds. The summed E-state index contributed by atoms with van der Waals surface area (Å²) in [5.41, 5.74) is 5.88. The van der Waals surface area contributed by atoms with Gasteiger partial charge in [0.25, 0.3) is 0 Å². The Morgan fingerprint density at radius 3 is 1.82 bits per heavy atom. The number of piperidine rings is 2. The Bertz CT molecular complexity index is 110. The van der Waals surface area contributed by atoms with Crippen LogP contribution in [0.15, 0.2) is 0 Å². The molecule has 3 fully saturated rings. The van der Waals surface area contributed by atoms with Crippen LogP contribution in [0.4, 0.5) is 0 Å². The lowest BCUT2D eigenvalue weighted by Gasteiger charge is -2.53. The van der Waals surface area contributed by atoms with E-state index in [0.717, 1.165) is 30.8 Å². The second-order valence-corrected chi connectivity index (χ2v) is 3.42. The molecule has 0 spiro atoms. The summed E-state index contributed by atoms with van der Waals surface area (Å²) in [6.07, 6.45) is 0. The maximum atomic E-state index is 5.88. The van der Waals surface area contributed by atoms with E-state index in [1.165, 1.54) is 0 Å². The molecule has 3 N–H and O–H groups in total. The minimum atomic E-state index is 0. The van der Waals surface area contributed by atoms with Gasteiger partial charge in [0, 0.05) is 6.04 Å². The summed E-state index contributed by atoms with van der Waals surface area (Å²) in [4.78, 5) is 0. The third kappa shape index (κ3) is 1.64. The van der Waals surface area contributed by atoms with Crippen LogP contribution in [0.5, 0.6) is 0 Å². The van der Waals surface area contributed by atoms with Gasteiger partial charge in [-0.1, -0.05) is 6.92 Å². The minimum absolute atomic E-state index is 0. The molecular formula is C7H16Br2N2. The maximum absolute atomic E-state index is 5.88. The molecule has 3 rings (SSSR count). The lowest BCUT2D eigenvalue weighted by atomic mass is 9.59. The number of hydrogen-bond donors (Lipinski definition) is 2. The predicted molar refractivity (Wildman–Crippen MR) is 57.6 cm³/mol. The Morgan fingerprint density at radius 1 is 1.18 bits per heavy atom. The Labute approximate surface area is 88.8 Å². The van der Waals surface area contributed by atoms with Crippen molar-refractivity contribution >= 4 is 34.0 Å². The third-order valence-electron chi connectivity index (χ3n) is 3.10. The molecule has 0 radical (unpaired) electrons. The van der Waals surface area contributed by atoms with Crippen LogP contribution in [0.3, 0.4) is 0 Å². The van der Waals surface area contributed by atoms with Crippen LogP contribution < -0.4 is 11.1 Å². The van der Waals surface area contributed by atoms with Gasteiger partial charge in [-0.2, -0.15) is 0 Å². The van der Waals surface area contributed by atoms with Crippen molar-refractivity contribution in [2.24, 2.45) is 23.5 Å². The summed E-state index contributed by atoms with van der Waals surface area (Å²) in [6.45, 7) is 4.62. The van der Waals surface area contributed by atoms with Gasteiger partial charge in [-0.3, -0.25) is 0 Å². The van der Waals surface area contributed by atoms with E-state index >= 15 is 0 Å². The number of hydrogen-bond acceptors (Lipinski definition) is 2. The monoisotopic (exact) mass is 286 g/mol. The van der Waals surface area contributed by atoms with Crippen molar-refractivity contribution in [1.29, 1.82) is 0 Å². The lowest BCUT2D eigenvalue weighted by molar-refractivity contribution is 0.0137. The zero-order chi connectivity index (χ0) is 6.43. The van der Waals surface area contributed by atoms with Gasteiger partial charge in [-0.05, 0) is 30.8 Å². The summed E-state index contributed by atoms with van der Waals surface area (Å²) in [7, 11) is 0. The molecule has 0 aromatic rings. The Hall–Kier alpha value is 0.880. The van der Waals surface area contributed by atoms with Gasteiger partial charge in [0.2, 0.25) is 0 Å². The van der Waals surface area contributed by atoms with Crippen LogP contribution in [0.1, 0.15) is 6.92 Å². The van der Waals surface area contributed by atoms with Gasteiger partial charge in [-0.25, -0.2) is 0 Å². The number of nitrogens with one attached hydrogen (secondary N) is 1. The molecule has 11 heavy (non-hydrogen) atoms. The van der Waals surface area contributed by atoms with Crippen molar-refractivity contribution in [3.63, 3.8) is 0 Å². The number of halogens is 2. The van der Waals surface area contributed by atoms with Crippen LogP contribution in [-0.2, 0) is 0 Å². The van der Waals surface area contributed by atoms with Crippen molar-refractivity contribution in [2.75, 3.05) is 13.1 Å². The Balaban J connectivity index is 0.000000500. The first kappa shape index (κ1) is 11.9. The largest absolute Gasteiger partial charge is 0.327 e. The van der Waals surface area contributed by atoms with E-state index < -0.39 is 0 Å². The lowest BCUT2D eigenvalue weighted by Crippen LogP contribution is -2.66. The minimum Gasteiger partial charge on any atom is -0.327 e. The van der Waals surface area contributed by atoms with Crippen molar-refractivity contribution in [3.8, 4) is 0 Å². The van der Waals surface area contributed by atoms with E-state index in [2.05, 4.69) is 12.2 Å². The van der Waals surface area contributed by atoms with Crippen LogP contribution in [-0.4, -0.2) is 19.1 Å². The molecule has 2 unspecified atom stereocenters. The van der Waals surface area contributed by atoms with E-state index in [1.807, 2.05) is 0 Å². The van der Waals surface area contributed by atoms with Gasteiger partial charge >= 0.3 is 0 Å². The first-order chi connectivity index (χ1) is 4.30. The summed E-state index contributed by atoms with van der Waals surface area (Å²) in [5, 5.41) is 3.37. The zero-order valence-corrected chi connectivity index (χ0v) is 10.0. The van der Waals surface area contributed by atoms with E-state index in [1.54, 1.807) is 0 Å². The second kappa shape index (κ2) is 4.21. The van der Waals surface area contributed by atoms with Crippen LogP contribution in [0, 0.1) is 17.8 Å². The second-order valence-electron chi connectivity index (χ2n) is 3.42. The number of fused-ring (bicyclic) bond motifs is 2. The van der Waals surface area contributed by atoms with E-state index in [0.29, 0.717) is 6.04 Å². The highest BCUT2D eigenvalue weighted by molar-refractivity contribution is 8.93. The normalized spacial score (nSPS) is 46.4. The average molecular weight is 288 g/mol. The van der Waals surface area contributed by atoms with Crippen molar-refractivity contribution in [1.82, 2.24) is 5.32 Å². The Morgan fingerprint density at radius 2 is 1.64 bits per heavy atom. The number of rotatable bonds is 0. The summed E-state index contributed by atoms with van der Waals surface area (Å²) < 4.78 is 0. The van der Waals surface area contributed by atoms with Crippen LogP contribution in [0.25, 0.3) is 0 Å². The van der Waals surface area contributed by atoms with Crippen LogP contribution in [0.2, 0.25) is 0 Å². The molecule has 2 nitrogen and oxygen atoms in total. The quantitative estimate of drug-likeness (QED) is 0.696. The molecule has 3 aliphatic rings. The zero-order valence-electron chi connectivity index (χ0n) is 6.62. The molecule has 1 aliphatic carbocycles. The first-order valence-corrected chi connectivity index (χ1v) is 3.77. The fourth-order valence-corrected chi connectivity index (χ4v) is 2.25. The number of nitrogens with two attached hydrogens (primary N) is 1. The molecule has 2 atom stereocenters. The maximum Gasteiger partial charge on any atom is 0.0125 e. The summed E-state index contributed by atoms with van der Waals surface area (Å²) >= 11 is 0. The van der Waals surface area contributed by atoms with Crippen molar-refractivity contribution in [2.45, 2.75) is 13.0 Å². The van der Waals surface area contributed by atoms with Gasteiger partial charge < -0.3 is 11.1 Å². The highest BCUT2D eigenvalue weighted by Gasteiger charge is 2.47. The van der Waals surface area contributed by atoms with Gasteiger partial charge in [0.15, 0.2) is 0 Å². The molecule has 2 bridgehead atoms. The smallest absolute Gasteiger partial charge is 0.0125 e. The molecule has 2 aliphatic heterocycles. The van der Waals surface area contributed by atoms with E-state index in [-0.39, 0.29) is 34.0 Å². The van der Waals surface area contributed by atoms with E-state index in [9.17, 15) is 0 Å². The van der Waals surface area contributed by atoms with Crippen molar-refractivity contribution < 1.29 is 0 Å². The van der Waals surface area contributed by atoms with Gasteiger partial charge in [0.1, 0.15) is 0 Å². The molecule has 0 aromatic carbocycles. The standard InChI is InChI=1S/C7H14N2.2BrH/c1-4-5-2-9-3-6(4)7(5)8;;/h4-7,9H,2-3,8H2,1H3;2*1H. The predicted octanol–water partition coefficient (Wildman–Crippen LogP) is 0.955. The van der Waals surface area contributed by atoms with Gasteiger partial charge in [-0.15, -0.1) is 34.0 Å². The molecule has 2 saturated heterocycles. The average Bonchev–Trinajstić information content (AvgIpc) is 1.91. The topological polar surface area (TPSA) is 38.0 Å². The highest BCUT2D eigenvalue weighted by atomic mass is 79.9. The molecule has 0 aromatic heterocycles. The summed E-state index contributed by atoms with van der Waals surface area (Å²) in [5.74, 6) is 2.45. The molecule has 1 saturated carbocycles. The summed E-state index contributed by atoms with van der Waals surface area (Å²) in [6, 6.07) is 0.515. The molecule has 4 heteroatoms. The molecule has 68 valence electrons. The molecule has 2 heterocycles. The SMILES string of the molecule is Br.Br.CC1C2CNCC1C2N.